The van der Waals surface area contributed by atoms with Crippen LogP contribution in [0.15, 0.2) is 217 Å². The van der Waals surface area contributed by atoms with Crippen molar-refractivity contribution in [3.05, 3.63) is 228 Å². The van der Waals surface area contributed by atoms with Crippen LogP contribution in [-0.4, -0.2) is 0 Å². The van der Waals surface area contributed by atoms with Crippen molar-refractivity contribution < 1.29 is 0 Å². The quantitative estimate of drug-likeness (QED) is 0.132. The van der Waals surface area contributed by atoms with Crippen molar-refractivity contribution in [2.75, 3.05) is 11.1 Å². The molecule has 0 radical (unpaired) electrons. The summed E-state index contributed by atoms with van der Waals surface area (Å²) in [4.78, 5) is 0. The Labute approximate surface area is 310 Å². The van der Waals surface area contributed by atoms with Gasteiger partial charge in [0.25, 0.3) is 0 Å². The maximum atomic E-state index is 5.60. The third kappa shape index (κ3) is 10.4. The number of anilines is 3. The molecule has 0 fully saturated rings. The molecule has 1 aliphatic rings. The molecule has 2 nitrogen and oxygen atoms in total. The van der Waals surface area contributed by atoms with Gasteiger partial charge in [-0.15, -0.1) is 0 Å². The molecule has 246 valence electrons. The first-order chi connectivity index (χ1) is 25.1. The second-order valence-corrected chi connectivity index (χ2v) is 12.7. The second kappa shape index (κ2) is 17.9. The van der Waals surface area contributed by atoms with Crippen molar-refractivity contribution in [2.24, 2.45) is 0 Å². The van der Waals surface area contributed by atoms with E-state index in [-0.39, 0.29) is 0 Å². The highest BCUT2D eigenvalue weighted by Gasteiger charge is 2.05. The minimum absolute atomic E-state index is 0.805. The topological polar surface area (TPSA) is 38.0 Å². The lowest BCUT2D eigenvalue weighted by Gasteiger charge is -2.09. The second-order valence-electron chi connectivity index (χ2n) is 11.8. The molecule has 7 aromatic rings. The molecule has 0 saturated carbocycles. The van der Waals surface area contributed by atoms with Gasteiger partial charge in [-0.2, -0.15) is 0 Å². The van der Waals surface area contributed by atoms with Crippen LogP contribution in [0.1, 0.15) is 5.56 Å². The van der Waals surface area contributed by atoms with Crippen molar-refractivity contribution in [1.82, 2.24) is 0 Å². The number of allylic oxidation sites excluding steroid dienone is 6. The van der Waals surface area contributed by atoms with Gasteiger partial charge in [0.15, 0.2) is 0 Å². The average Bonchev–Trinajstić information content (AvgIpc) is 3.21. The molecule has 0 saturated heterocycles. The maximum absolute atomic E-state index is 5.60. The van der Waals surface area contributed by atoms with E-state index in [4.69, 9.17) is 5.73 Å². The lowest BCUT2D eigenvalue weighted by atomic mass is 10.0. The number of nitrogen functional groups attached to an aromatic ring is 1. The first-order valence-electron chi connectivity index (χ1n) is 16.8. The van der Waals surface area contributed by atoms with Crippen molar-refractivity contribution in [1.29, 1.82) is 0 Å². The highest BCUT2D eigenvalue weighted by Crippen LogP contribution is 2.26. The van der Waals surface area contributed by atoms with Crippen LogP contribution in [0.3, 0.4) is 0 Å². The van der Waals surface area contributed by atoms with Crippen molar-refractivity contribution in [3.8, 4) is 33.4 Å². The molecule has 8 rings (SSSR count). The van der Waals surface area contributed by atoms with Gasteiger partial charge in [0.2, 0.25) is 0 Å². The molecular weight excluding hydrogens is 684 g/mol. The molecule has 0 unspecified atom stereocenters. The molecule has 3 N–H and O–H groups in total. The Balaban J connectivity index is 0.000000145. The first-order valence-corrected chi connectivity index (χ1v) is 17.6. The summed E-state index contributed by atoms with van der Waals surface area (Å²) in [7, 11) is 0. The van der Waals surface area contributed by atoms with Gasteiger partial charge in [-0.05, 0) is 81.9 Å². The molecule has 51 heavy (non-hydrogen) atoms. The van der Waals surface area contributed by atoms with E-state index in [1.54, 1.807) is 0 Å². The largest absolute Gasteiger partial charge is 0.399 e. The minimum atomic E-state index is 0.805. The molecule has 0 bridgehead atoms. The molecule has 0 atom stereocenters. The van der Waals surface area contributed by atoms with E-state index in [0.717, 1.165) is 21.5 Å². The molecule has 1 aliphatic carbocycles. The van der Waals surface area contributed by atoms with E-state index in [9.17, 15) is 0 Å². The van der Waals surface area contributed by atoms with Gasteiger partial charge in [0, 0.05) is 33.2 Å². The van der Waals surface area contributed by atoms with E-state index < -0.39 is 0 Å². The fourth-order valence-corrected chi connectivity index (χ4v) is 5.71. The number of halogens is 1. The first kappa shape index (κ1) is 34.6. The summed E-state index contributed by atoms with van der Waals surface area (Å²) in [6.45, 7) is 0. The molecule has 7 aromatic carbocycles. The number of hydrogen-bond acceptors (Lipinski definition) is 2. The summed E-state index contributed by atoms with van der Waals surface area (Å²) < 4.78 is 1.11. The van der Waals surface area contributed by atoms with E-state index >= 15 is 0 Å². The summed E-state index contributed by atoms with van der Waals surface area (Å²) in [6, 6.07) is 64.4. The predicted molar refractivity (Wildman–Crippen MR) is 222 cm³/mol. The summed E-state index contributed by atoms with van der Waals surface area (Å²) >= 11 is 3.41. The predicted octanol–water partition coefficient (Wildman–Crippen LogP) is 13.5. The van der Waals surface area contributed by atoms with Crippen LogP contribution < -0.4 is 11.1 Å². The molecule has 0 spiro atoms. The van der Waals surface area contributed by atoms with Gasteiger partial charge in [0.05, 0.1) is 17.7 Å². The van der Waals surface area contributed by atoms with Crippen LogP contribution >= 0.6 is 15.9 Å². The fourth-order valence-electron chi connectivity index (χ4n) is 5.45. The van der Waals surface area contributed by atoms with Gasteiger partial charge in [-0.25, -0.2) is 0 Å². The van der Waals surface area contributed by atoms with Gasteiger partial charge in [-0.1, -0.05) is 155 Å². The number of nitrogens with two attached hydrogens (primary N) is 1. The molecule has 3 heteroatoms. The SMILES string of the molecule is Brc1ccc(C2=CC=[C+]C=C2)cc1.Nc1ccc(-c2ccccc2)cc1.c1ccc(-c2ccc(Nc3ccc(-c4ccccc4)cc3)cc2)cc1. The Morgan fingerprint density at radius 3 is 1.18 bits per heavy atom. The fraction of sp³-hybridized carbons (Fsp3) is 0. The van der Waals surface area contributed by atoms with Crippen molar-refractivity contribution in [3.63, 3.8) is 0 Å². The van der Waals surface area contributed by atoms with Crippen LogP contribution in [0.5, 0.6) is 0 Å². The standard InChI is InChI=1S/C24H19N.C12H8Br.C12H11N/c1-3-7-19(8-4-1)21-11-15-23(16-12-21)25-24-17-13-22(14-18-24)20-9-5-2-6-10-20;2*13-12-8-6-11(7-9-12)10-4-2-1-3-5-10/h1-18,25H;2-9H;1-9H,13H2/q;+1;. The molecule has 0 heterocycles. The molecule has 0 aliphatic heterocycles. The Morgan fingerprint density at radius 2 is 0.784 bits per heavy atom. The number of benzene rings is 7. The summed E-state index contributed by atoms with van der Waals surface area (Å²) in [6.07, 6.45) is 11.0. The zero-order valence-electron chi connectivity index (χ0n) is 28.2. The maximum Gasteiger partial charge on any atom is 0.103 e. The summed E-state index contributed by atoms with van der Waals surface area (Å²) in [5.74, 6) is 0. The van der Waals surface area contributed by atoms with Gasteiger partial charge in [-0.3, -0.25) is 0 Å². The van der Waals surface area contributed by atoms with E-state index in [2.05, 4.69) is 161 Å². The van der Waals surface area contributed by atoms with Gasteiger partial charge < -0.3 is 11.1 Å². The average molecular weight is 723 g/mol. The van der Waals surface area contributed by atoms with Gasteiger partial charge in [0.1, 0.15) is 12.2 Å². The highest BCUT2D eigenvalue weighted by molar-refractivity contribution is 9.10. The number of hydrogen-bond donors (Lipinski definition) is 2. The lowest BCUT2D eigenvalue weighted by Crippen LogP contribution is -1.90. The third-order valence-corrected chi connectivity index (χ3v) is 8.71. The van der Waals surface area contributed by atoms with E-state index in [1.165, 1.54) is 44.5 Å². The Bertz CT molecular complexity index is 2090. The monoisotopic (exact) mass is 721 g/mol. The summed E-state index contributed by atoms with van der Waals surface area (Å²) in [5.41, 5.74) is 18.4. The smallest absolute Gasteiger partial charge is 0.103 e. The van der Waals surface area contributed by atoms with Crippen molar-refractivity contribution in [2.45, 2.75) is 0 Å². The van der Waals surface area contributed by atoms with E-state index in [1.807, 2.05) is 78.9 Å². The van der Waals surface area contributed by atoms with Crippen LogP contribution in [0.25, 0.3) is 39.0 Å². The lowest BCUT2D eigenvalue weighted by molar-refractivity contribution is 1.53. The zero-order chi connectivity index (χ0) is 35.1. The third-order valence-electron chi connectivity index (χ3n) is 8.19. The minimum Gasteiger partial charge on any atom is -0.399 e. The van der Waals surface area contributed by atoms with Crippen LogP contribution in [0.2, 0.25) is 0 Å². The Kier molecular flexibility index (Phi) is 12.2. The number of rotatable bonds is 6. The highest BCUT2D eigenvalue weighted by atomic mass is 79.9. The van der Waals surface area contributed by atoms with Crippen LogP contribution in [0, 0.1) is 6.08 Å². The normalized spacial score (nSPS) is 11.1. The number of nitrogens with one attached hydrogen (secondary N) is 1. The van der Waals surface area contributed by atoms with E-state index in [0.29, 0.717) is 0 Å². The zero-order valence-corrected chi connectivity index (χ0v) is 29.7. The van der Waals surface area contributed by atoms with Gasteiger partial charge >= 0.3 is 0 Å². The van der Waals surface area contributed by atoms with Crippen molar-refractivity contribution >= 4 is 38.6 Å². The Hall–Kier alpha value is -6.25. The van der Waals surface area contributed by atoms with Crippen LogP contribution in [-0.2, 0) is 0 Å². The molecular formula is C48H38BrN2+. The molecule has 0 amide bonds. The molecule has 0 aromatic heterocycles. The summed E-state index contributed by atoms with van der Waals surface area (Å²) in [5, 5.41) is 3.46. The Morgan fingerprint density at radius 1 is 0.412 bits per heavy atom. The van der Waals surface area contributed by atoms with Crippen LogP contribution in [0.4, 0.5) is 17.1 Å².